The van der Waals surface area contributed by atoms with Crippen LogP contribution in [0.1, 0.15) is 15.9 Å². The predicted octanol–water partition coefficient (Wildman–Crippen LogP) is 1.44. The van der Waals surface area contributed by atoms with E-state index in [0.29, 0.717) is 11.1 Å². The number of methoxy groups -OCH3 is 1. The summed E-state index contributed by atoms with van der Waals surface area (Å²) in [5.41, 5.74) is 1.93. The topological polar surface area (TPSA) is 43.4 Å². The van der Waals surface area contributed by atoms with Crippen molar-refractivity contribution >= 4 is 17.3 Å². The van der Waals surface area contributed by atoms with Crippen molar-refractivity contribution < 1.29 is 14.3 Å². The molecule has 0 aliphatic heterocycles. The molecule has 0 aromatic heterocycles. The molecule has 0 fully saturated rings. The quantitative estimate of drug-likeness (QED) is 0.494. The Morgan fingerprint density at radius 3 is 2.57 bits per heavy atom. The lowest BCUT2D eigenvalue weighted by atomic mass is 9.81. The number of ketones is 1. The maximum atomic E-state index is 11.4. The normalized spacial score (nSPS) is 16.1. The summed E-state index contributed by atoms with van der Waals surface area (Å²) in [5, 5.41) is 0. The van der Waals surface area contributed by atoms with Crippen molar-refractivity contribution in [3.05, 3.63) is 41.5 Å². The van der Waals surface area contributed by atoms with Crippen molar-refractivity contribution in [1.82, 2.24) is 0 Å². The molecular weight excluding hydrogens is 180 g/mol. The van der Waals surface area contributed by atoms with E-state index < -0.39 is 5.97 Å². The number of hydrogen-bond donors (Lipinski definition) is 0. The summed E-state index contributed by atoms with van der Waals surface area (Å²) in [5.74, 6) is -0.589. The highest BCUT2D eigenvalue weighted by Gasteiger charge is 2.29. The van der Waals surface area contributed by atoms with Crippen LogP contribution in [0.5, 0.6) is 0 Å². The summed E-state index contributed by atoms with van der Waals surface area (Å²) < 4.78 is 4.45. The third-order valence-electron chi connectivity index (χ3n) is 2.17. The van der Waals surface area contributed by atoms with Gasteiger partial charge >= 0.3 is 5.97 Å². The first kappa shape index (κ1) is 8.69. The Hall–Kier alpha value is -1.90. The van der Waals surface area contributed by atoms with Crippen LogP contribution in [0.4, 0.5) is 0 Å². The van der Waals surface area contributed by atoms with Crippen LogP contribution < -0.4 is 0 Å². The molecule has 0 saturated heterocycles. The molecule has 2 rings (SSSR count). The van der Waals surface area contributed by atoms with Crippen molar-refractivity contribution in [1.29, 1.82) is 0 Å². The third-order valence-corrected chi connectivity index (χ3v) is 2.17. The van der Waals surface area contributed by atoms with Gasteiger partial charge in [0, 0.05) is 17.2 Å². The van der Waals surface area contributed by atoms with Gasteiger partial charge in [0.15, 0.2) is 5.78 Å². The van der Waals surface area contributed by atoms with Crippen molar-refractivity contribution in [3.63, 3.8) is 0 Å². The molecule has 14 heavy (non-hydrogen) atoms. The molecule has 1 aromatic rings. The Labute approximate surface area is 81.0 Å². The third kappa shape index (κ3) is 1.14. The lowest BCUT2D eigenvalue weighted by molar-refractivity contribution is -0.134. The second kappa shape index (κ2) is 3.10. The van der Waals surface area contributed by atoms with Crippen LogP contribution in [0, 0.1) is 0 Å². The van der Waals surface area contributed by atoms with E-state index in [1.165, 1.54) is 13.2 Å². The molecule has 3 nitrogen and oxygen atoms in total. The molecule has 70 valence electrons. The zero-order valence-electron chi connectivity index (χ0n) is 7.61. The number of esters is 1. The Morgan fingerprint density at radius 1 is 1.29 bits per heavy atom. The van der Waals surface area contributed by atoms with Crippen LogP contribution >= 0.6 is 0 Å². The number of fused-ring (bicyclic) bond motifs is 1. The lowest BCUT2D eigenvalue weighted by Gasteiger charge is -2.19. The molecule has 0 heterocycles. The fraction of sp³-hybridized carbons (Fsp3) is 0.0909. The average Bonchev–Trinajstić information content (AvgIpc) is 2.25. The highest BCUT2D eigenvalue weighted by molar-refractivity contribution is 6.40. The Balaban J connectivity index is 2.41. The number of hydrogen-bond acceptors (Lipinski definition) is 3. The maximum Gasteiger partial charge on any atom is 0.331 e. The molecule has 0 amide bonds. The fourth-order valence-corrected chi connectivity index (χ4v) is 1.44. The number of Topliss-reactive ketones (excluding diaryl/α,β-unsaturated/α-hetero) is 1. The van der Waals surface area contributed by atoms with Crippen molar-refractivity contribution in [3.8, 4) is 0 Å². The molecule has 0 bridgehead atoms. The second-order valence-corrected chi connectivity index (χ2v) is 2.96. The Bertz CT molecular complexity index is 444. The largest absolute Gasteiger partial charge is 0.466 e. The molecule has 0 spiro atoms. The molecule has 0 atom stereocenters. The summed E-state index contributed by atoms with van der Waals surface area (Å²) in [6.07, 6.45) is 1.23. The first-order valence-electron chi connectivity index (χ1n) is 4.18. The number of carbonyl (C=O) groups is 2. The summed E-state index contributed by atoms with van der Waals surface area (Å²) in [6, 6.07) is 7.18. The van der Waals surface area contributed by atoms with E-state index in [0.717, 1.165) is 5.56 Å². The van der Waals surface area contributed by atoms with Gasteiger partial charge in [-0.2, -0.15) is 0 Å². The van der Waals surface area contributed by atoms with Gasteiger partial charge in [-0.25, -0.2) is 4.79 Å². The average molecular weight is 188 g/mol. The smallest absolute Gasteiger partial charge is 0.331 e. The Morgan fingerprint density at radius 2 is 1.93 bits per heavy atom. The highest BCUT2D eigenvalue weighted by atomic mass is 16.5. The van der Waals surface area contributed by atoms with Crippen LogP contribution in [-0.4, -0.2) is 18.9 Å². The standard InChI is InChI=1S/C11H8O3/c1-14-10(12)6-9-7-4-2-3-5-8(7)11(9)13/h2-6H,1H3/b9-6-. The summed E-state index contributed by atoms with van der Waals surface area (Å²) in [6.45, 7) is 0. The minimum absolute atomic E-state index is 0.0917. The van der Waals surface area contributed by atoms with Crippen molar-refractivity contribution in [2.24, 2.45) is 0 Å². The molecular formula is C11H8O3. The van der Waals surface area contributed by atoms with E-state index in [4.69, 9.17) is 0 Å². The SMILES string of the molecule is COC(=O)/C=C1\C(=O)c2ccccc21. The van der Waals surface area contributed by atoms with E-state index in [1.54, 1.807) is 12.1 Å². The zero-order chi connectivity index (χ0) is 10.1. The zero-order valence-corrected chi connectivity index (χ0v) is 7.61. The molecule has 1 aromatic carbocycles. The van der Waals surface area contributed by atoms with Crippen molar-refractivity contribution in [2.75, 3.05) is 7.11 Å². The molecule has 0 N–H and O–H groups in total. The number of benzene rings is 1. The first-order chi connectivity index (χ1) is 6.74. The first-order valence-corrected chi connectivity index (χ1v) is 4.18. The molecule has 0 radical (unpaired) electrons. The summed E-state index contributed by atoms with van der Waals surface area (Å²) in [4.78, 5) is 22.3. The van der Waals surface area contributed by atoms with Crippen LogP contribution in [0.2, 0.25) is 0 Å². The van der Waals surface area contributed by atoms with E-state index in [1.807, 2.05) is 12.1 Å². The van der Waals surface area contributed by atoms with E-state index >= 15 is 0 Å². The Kier molecular flexibility index (Phi) is 1.93. The van der Waals surface area contributed by atoms with Gasteiger partial charge in [0.25, 0.3) is 0 Å². The van der Waals surface area contributed by atoms with Gasteiger partial charge in [0.05, 0.1) is 7.11 Å². The molecule has 1 aliphatic rings. The number of rotatable bonds is 1. The van der Waals surface area contributed by atoms with Gasteiger partial charge in [-0.15, -0.1) is 0 Å². The van der Waals surface area contributed by atoms with Crippen molar-refractivity contribution in [2.45, 2.75) is 0 Å². The summed E-state index contributed by atoms with van der Waals surface area (Å²) >= 11 is 0. The van der Waals surface area contributed by atoms with E-state index in [2.05, 4.69) is 4.74 Å². The van der Waals surface area contributed by atoms with Crippen LogP contribution in [0.25, 0.3) is 5.57 Å². The minimum Gasteiger partial charge on any atom is -0.466 e. The van der Waals surface area contributed by atoms with Gasteiger partial charge in [-0.05, 0) is 5.56 Å². The summed E-state index contributed by atoms with van der Waals surface area (Å²) in [7, 11) is 1.29. The van der Waals surface area contributed by atoms with Crippen LogP contribution in [-0.2, 0) is 9.53 Å². The lowest BCUT2D eigenvalue weighted by Crippen LogP contribution is -2.18. The molecule has 1 aliphatic carbocycles. The van der Waals surface area contributed by atoms with Gasteiger partial charge < -0.3 is 4.74 Å². The van der Waals surface area contributed by atoms with E-state index in [9.17, 15) is 9.59 Å². The van der Waals surface area contributed by atoms with Crippen LogP contribution in [0.15, 0.2) is 30.3 Å². The number of ether oxygens (including phenoxy) is 1. The molecule has 0 unspecified atom stereocenters. The number of allylic oxidation sites excluding steroid dienone is 1. The van der Waals surface area contributed by atoms with Gasteiger partial charge in [-0.1, -0.05) is 24.3 Å². The van der Waals surface area contributed by atoms with Gasteiger partial charge in [0.1, 0.15) is 0 Å². The van der Waals surface area contributed by atoms with Gasteiger partial charge in [-0.3, -0.25) is 4.79 Å². The highest BCUT2D eigenvalue weighted by Crippen LogP contribution is 2.33. The molecule has 3 heteroatoms. The predicted molar refractivity (Wildman–Crippen MR) is 50.8 cm³/mol. The monoisotopic (exact) mass is 188 g/mol. The second-order valence-electron chi connectivity index (χ2n) is 2.96. The van der Waals surface area contributed by atoms with Gasteiger partial charge in [0.2, 0.25) is 0 Å². The number of carbonyl (C=O) groups excluding carboxylic acids is 2. The van der Waals surface area contributed by atoms with Crippen LogP contribution in [0.3, 0.4) is 0 Å². The minimum atomic E-state index is -0.497. The molecule has 0 saturated carbocycles. The van der Waals surface area contributed by atoms with E-state index in [-0.39, 0.29) is 5.78 Å². The maximum absolute atomic E-state index is 11.4. The fourth-order valence-electron chi connectivity index (χ4n) is 1.44.